The van der Waals surface area contributed by atoms with E-state index in [1.807, 2.05) is 19.1 Å². The number of rotatable bonds is 4. The van der Waals surface area contributed by atoms with Gasteiger partial charge in [0.1, 0.15) is 0 Å². The third-order valence-electron chi connectivity index (χ3n) is 4.24. The lowest BCUT2D eigenvalue weighted by molar-refractivity contribution is 0.430. The van der Waals surface area contributed by atoms with Crippen LogP contribution in [-0.2, 0) is 10.0 Å². The molecule has 0 saturated carbocycles. The van der Waals surface area contributed by atoms with Crippen LogP contribution >= 0.6 is 0 Å². The lowest BCUT2D eigenvalue weighted by Gasteiger charge is -2.23. The van der Waals surface area contributed by atoms with Gasteiger partial charge in [0, 0.05) is 12.6 Å². The Labute approximate surface area is 128 Å². The van der Waals surface area contributed by atoms with Crippen molar-refractivity contribution in [1.82, 2.24) is 4.31 Å². The topological polar surface area (TPSA) is 37.4 Å². The summed E-state index contributed by atoms with van der Waals surface area (Å²) >= 11 is 0. The predicted molar refractivity (Wildman–Crippen MR) is 86.7 cm³/mol. The molecule has 1 heterocycles. The summed E-state index contributed by atoms with van der Waals surface area (Å²) in [5.41, 5.74) is 2.33. The smallest absolute Gasteiger partial charge is 0.207 e. The van der Waals surface area contributed by atoms with Crippen LogP contribution in [0, 0.1) is 12.8 Å². The van der Waals surface area contributed by atoms with Gasteiger partial charge in [-0.15, -0.1) is 0 Å². The molecule has 1 saturated heterocycles. The van der Waals surface area contributed by atoms with Crippen LogP contribution in [0.25, 0.3) is 0 Å². The van der Waals surface area contributed by atoms with Crippen molar-refractivity contribution >= 4 is 10.0 Å². The Morgan fingerprint density at radius 3 is 2.48 bits per heavy atom. The quantitative estimate of drug-likeness (QED) is 0.794. The minimum absolute atomic E-state index is 0.00120. The SMILES string of the molecule is C/C(=C\[C@@H]1CCCN1S(=O)(=O)c1ccc(C)cc1)C(C)C. The third-order valence-corrected chi connectivity index (χ3v) is 6.18. The lowest BCUT2D eigenvalue weighted by atomic mass is 10.0. The largest absolute Gasteiger partial charge is 0.243 e. The summed E-state index contributed by atoms with van der Waals surface area (Å²) in [6.45, 7) is 8.94. The monoisotopic (exact) mass is 307 g/mol. The highest BCUT2D eigenvalue weighted by molar-refractivity contribution is 7.89. The number of aryl methyl sites for hydroxylation is 1. The van der Waals surface area contributed by atoms with Crippen molar-refractivity contribution in [2.24, 2.45) is 5.92 Å². The van der Waals surface area contributed by atoms with Crippen LogP contribution < -0.4 is 0 Å². The average molecular weight is 307 g/mol. The van der Waals surface area contributed by atoms with Gasteiger partial charge in [-0.1, -0.05) is 43.2 Å². The fourth-order valence-electron chi connectivity index (χ4n) is 2.57. The zero-order valence-corrected chi connectivity index (χ0v) is 14.2. The van der Waals surface area contributed by atoms with E-state index in [0.717, 1.165) is 18.4 Å². The second kappa shape index (κ2) is 6.32. The Balaban J connectivity index is 2.30. The van der Waals surface area contributed by atoms with Crippen LogP contribution in [-0.4, -0.2) is 25.3 Å². The molecule has 0 amide bonds. The summed E-state index contributed by atoms with van der Waals surface area (Å²) in [7, 11) is -3.39. The van der Waals surface area contributed by atoms with E-state index in [0.29, 0.717) is 17.4 Å². The summed E-state index contributed by atoms with van der Waals surface area (Å²) < 4.78 is 27.3. The van der Waals surface area contributed by atoms with Gasteiger partial charge in [0.15, 0.2) is 0 Å². The van der Waals surface area contributed by atoms with Crippen LogP contribution in [0.5, 0.6) is 0 Å². The molecule has 2 rings (SSSR count). The van der Waals surface area contributed by atoms with Gasteiger partial charge in [0.2, 0.25) is 10.0 Å². The van der Waals surface area contributed by atoms with Crippen LogP contribution in [0.2, 0.25) is 0 Å². The molecular weight excluding hydrogens is 282 g/mol. The first-order valence-corrected chi connectivity index (χ1v) is 9.03. The van der Waals surface area contributed by atoms with Gasteiger partial charge in [-0.25, -0.2) is 8.42 Å². The van der Waals surface area contributed by atoms with Gasteiger partial charge in [-0.3, -0.25) is 0 Å². The predicted octanol–water partition coefficient (Wildman–Crippen LogP) is 3.75. The van der Waals surface area contributed by atoms with Gasteiger partial charge in [-0.05, 0) is 44.7 Å². The summed E-state index contributed by atoms with van der Waals surface area (Å²) in [6, 6.07) is 7.12. The van der Waals surface area contributed by atoms with Crippen molar-refractivity contribution in [3.63, 3.8) is 0 Å². The first-order valence-electron chi connectivity index (χ1n) is 7.59. The Morgan fingerprint density at radius 2 is 1.90 bits per heavy atom. The minimum atomic E-state index is -3.39. The Kier molecular flexibility index (Phi) is 4.89. The average Bonchev–Trinajstić information content (AvgIpc) is 2.88. The van der Waals surface area contributed by atoms with E-state index in [9.17, 15) is 8.42 Å². The molecule has 0 radical (unpaired) electrons. The molecule has 0 spiro atoms. The third kappa shape index (κ3) is 3.55. The maximum Gasteiger partial charge on any atom is 0.243 e. The number of hydrogen-bond donors (Lipinski definition) is 0. The normalized spacial score (nSPS) is 21.2. The zero-order chi connectivity index (χ0) is 15.6. The summed E-state index contributed by atoms with van der Waals surface area (Å²) in [5.74, 6) is 0.453. The highest BCUT2D eigenvalue weighted by atomic mass is 32.2. The molecule has 0 bridgehead atoms. The highest BCUT2D eigenvalue weighted by Crippen LogP contribution is 2.28. The fraction of sp³-hybridized carbons (Fsp3) is 0.529. The molecule has 1 aromatic rings. The van der Waals surface area contributed by atoms with Crippen LogP contribution in [0.3, 0.4) is 0 Å². The van der Waals surface area contributed by atoms with Crippen LogP contribution in [0.4, 0.5) is 0 Å². The van der Waals surface area contributed by atoms with Crippen molar-refractivity contribution in [2.75, 3.05) is 6.54 Å². The molecule has 4 heteroatoms. The molecule has 1 aromatic carbocycles. The first kappa shape index (κ1) is 16.2. The van der Waals surface area contributed by atoms with Gasteiger partial charge in [0.05, 0.1) is 4.90 Å². The molecule has 1 fully saturated rings. The molecule has 0 unspecified atom stereocenters. The van der Waals surface area contributed by atoms with E-state index >= 15 is 0 Å². The maximum absolute atomic E-state index is 12.8. The molecule has 3 nitrogen and oxygen atoms in total. The Morgan fingerprint density at radius 1 is 1.29 bits per heavy atom. The highest BCUT2D eigenvalue weighted by Gasteiger charge is 2.34. The van der Waals surface area contributed by atoms with Crippen molar-refractivity contribution in [3.05, 3.63) is 41.5 Å². The molecule has 0 aromatic heterocycles. The summed E-state index contributed by atoms with van der Waals surface area (Å²) in [5, 5.41) is 0. The second-order valence-electron chi connectivity index (χ2n) is 6.20. The lowest BCUT2D eigenvalue weighted by Crippen LogP contribution is -2.34. The van der Waals surface area contributed by atoms with Crippen molar-refractivity contribution < 1.29 is 8.42 Å². The Bertz CT molecular complexity index is 615. The standard InChI is InChI=1S/C17H25NO2S/c1-13(2)15(4)12-16-6-5-11-18(16)21(19,20)17-9-7-14(3)8-10-17/h7-10,12-13,16H,5-6,11H2,1-4H3/b15-12+/t16-/m0/s1. The number of nitrogens with zero attached hydrogens (tertiary/aromatic N) is 1. The van der Waals surface area contributed by atoms with Crippen molar-refractivity contribution in [1.29, 1.82) is 0 Å². The van der Waals surface area contributed by atoms with Gasteiger partial charge < -0.3 is 0 Å². The molecule has 0 aliphatic carbocycles. The molecule has 1 atom stereocenters. The van der Waals surface area contributed by atoms with E-state index in [-0.39, 0.29) is 6.04 Å². The van der Waals surface area contributed by atoms with Crippen molar-refractivity contribution in [2.45, 2.75) is 51.5 Å². The van der Waals surface area contributed by atoms with Crippen LogP contribution in [0.1, 0.15) is 39.2 Å². The van der Waals surface area contributed by atoms with E-state index in [1.54, 1.807) is 16.4 Å². The maximum atomic E-state index is 12.8. The number of benzene rings is 1. The molecule has 1 aliphatic heterocycles. The van der Waals surface area contributed by atoms with Gasteiger partial charge in [0.25, 0.3) is 0 Å². The Hall–Kier alpha value is -1.13. The van der Waals surface area contributed by atoms with E-state index in [1.165, 1.54) is 5.57 Å². The molecule has 1 aliphatic rings. The molecular formula is C17H25NO2S. The second-order valence-corrected chi connectivity index (χ2v) is 8.09. The first-order chi connectivity index (χ1) is 9.82. The number of sulfonamides is 1. The van der Waals surface area contributed by atoms with Crippen molar-refractivity contribution in [3.8, 4) is 0 Å². The fourth-order valence-corrected chi connectivity index (χ4v) is 4.22. The van der Waals surface area contributed by atoms with E-state index < -0.39 is 10.0 Å². The van der Waals surface area contributed by atoms with Gasteiger partial charge >= 0.3 is 0 Å². The summed E-state index contributed by atoms with van der Waals surface area (Å²) in [6.07, 6.45) is 3.97. The minimum Gasteiger partial charge on any atom is -0.207 e. The number of hydrogen-bond acceptors (Lipinski definition) is 2. The molecule has 0 N–H and O–H groups in total. The summed E-state index contributed by atoms with van der Waals surface area (Å²) in [4.78, 5) is 0.399. The number of allylic oxidation sites excluding steroid dienone is 1. The van der Waals surface area contributed by atoms with Gasteiger partial charge in [-0.2, -0.15) is 4.31 Å². The van der Waals surface area contributed by atoms with Crippen LogP contribution in [0.15, 0.2) is 40.8 Å². The van der Waals surface area contributed by atoms with E-state index in [2.05, 4.69) is 26.8 Å². The van der Waals surface area contributed by atoms with E-state index in [4.69, 9.17) is 0 Å². The molecule has 116 valence electrons. The molecule has 21 heavy (non-hydrogen) atoms. The zero-order valence-electron chi connectivity index (χ0n) is 13.3.